The summed E-state index contributed by atoms with van der Waals surface area (Å²) in [7, 11) is 0. The lowest BCUT2D eigenvalue weighted by Crippen LogP contribution is -2.38. The molecule has 1 aromatic rings. The van der Waals surface area contributed by atoms with E-state index in [1.165, 1.54) is 6.07 Å². The van der Waals surface area contributed by atoms with Gasteiger partial charge in [0.25, 0.3) is 0 Å². The molecule has 0 aliphatic carbocycles. The molecule has 104 valence electrons. The Bertz CT molecular complexity index is 445. The maximum atomic E-state index is 13.0. The van der Waals surface area contributed by atoms with Crippen LogP contribution in [-0.4, -0.2) is 25.5 Å². The summed E-state index contributed by atoms with van der Waals surface area (Å²) in [6.07, 6.45) is 2.32. The smallest absolute Gasteiger partial charge is 0.224 e. The molecule has 1 unspecified atom stereocenters. The highest BCUT2D eigenvalue weighted by molar-refractivity contribution is 5.78. The number of halogens is 2. The van der Waals surface area contributed by atoms with Crippen molar-refractivity contribution in [2.24, 2.45) is 5.92 Å². The Hall–Kier alpha value is -1.49. The van der Waals surface area contributed by atoms with E-state index >= 15 is 0 Å². The largest absolute Gasteiger partial charge is 0.355 e. The van der Waals surface area contributed by atoms with Gasteiger partial charge in [-0.25, -0.2) is 8.78 Å². The van der Waals surface area contributed by atoms with E-state index in [9.17, 15) is 13.6 Å². The molecule has 1 aromatic carbocycles. The number of carbonyl (C=O) groups is 1. The normalized spacial score (nSPS) is 19.2. The first-order valence-electron chi connectivity index (χ1n) is 6.56. The number of rotatable bonds is 4. The van der Waals surface area contributed by atoms with Crippen molar-refractivity contribution in [1.29, 1.82) is 0 Å². The average Bonchev–Trinajstić information content (AvgIpc) is 2.42. The van der Waals surface area contributed by atoms with Gasteiger partial charge in [-0.05, 0) is 49.5 Å². The summed E-state index contributed by atoms with van der Waals surface area (Å²) in [5.41, 5.74) is 0.484. The van der Waals surface area contributed by atoms with Gasteiger partial charge in [0.15, 0.2) is 11.6 Å². The van der Waals surface area contributed by atoms with Crippen LogP contribution in [0.25, 0.3) is 0 Å². The Morgan fingerprint density at radius 2 is 2.21 bits per heavy atom. The van der Waals surface area contributed by atoms with E-state index in [4.69, 9.17) is 0 Å². The van der Waals surface area contributed by atoms with Gasteiger partial charge in [-0.2, -0.15) is 0 Å². The van der Waals surface area contributed by atoms with Crippen LogP contribution in [0.2, 0.25) is 0 Å². The second-order valence-electron chi connectivity index (χ2n) is 4.94. The Morgan fingerprint density at radius 3 is 2.89 bits per heavy atom. The van der Waals surface area contributed by atoms with Gasteiger partial charge in [-0.1, -0.05) is 6.07 Å². The van der Waals surface area contributed by atoms with Crippen molar-refractivity contribution >= 4 is 5.91 Å². The minimum atomic E-state index is -0.915. The fourth-order valence-electron chi connectivity index (χ4n) is 2.25. The van der Waals surface area contributed by atoms with Crippen LogP contribution in [0.4, 0.5) is 8.78 Å². The van der Waals surface area contributed by atoms with E-state index in [0.717, 1.165) is 38.1 Å². The van der Waals surface area contributed by atoms with Crippen LogP contribution in [0.5, 0.6) is 0 Å². The molecule has 1 atom stereocenters. The highest BCUT2D eigenvalue weighted by Crippen LogP contribution is 2.10. The van der Waals surface area contributed by atoms with Crippen molar-refractivity contribution in [2.45, 2.75) is 19.3 Å². The van der Waals surface area contributed by atoms with Gasteiger partial charge in [0, 0.05) is 6.54 Å². The minimum absolute atomic E-state index is 0.0807. The lowest BCUT2D eigenvalue weighted by atomic mass is 9.99. The lowest BCUT2D eigenvalue weighted by Gasteiger charge is -2.22. The Kier molecular flexibility index (Phi) is 4.85. The summed E-state index contributed by atoms with van der Waals surface area (Å²) in [5, 5.41) is 6.12. The molecular weight excluding hydrogens is 250 g/mol. The standard InChI is InChI=1S/C14H18F2N2O/c15-12-4-3-10(6-13(12)16)7-14(19)18-9-11-2-1-5-17-8-11/h3-4,6,11,17H,1-2,5,7-9H2,(H,18,19). The molecule has 0 aromatic heterocycles. The molecule has 2 rings (SSSR count). The summed E-state index contributed by atoms with van der Waals surface area (Å²) in [4.78, 5) is 11.7. The van der Waals surface area contributed by atoms with Crippen molar-refractivity contribution in [1.82, 2.24) is 10.6 Å². The first-order chi connectivity index (χ1) is 9.15. The van der Waals surface area contributed by atoms with E-state index in [-0.39, 0.29) is 12.3 Å². The predicted molar refractivity (Wildman–Crippen MR) is 68.7 cm³/mol. The molecule has 1 aliphatic heterocycles. The highest BCUT2D eigenvalue weighted by Gasteiger charge is 2.14. The number of carbonyl (C=O) groups excluding carboxylic acids is 1. The minimum Gasteiger partial charge on any atom is -0.355 e. The molecule has 0 spiro atoms. The highest BCUT2D eigenvalue weighted by atomic mass is 19.2. The zero-order valence-electron chi connectivity index (χ0n) is 10.7. The topological polar surface area (TPSA) is 41.1 Å². The Morgan fingerprint density at radius 1 is 1.37 bits per heavy atom. The van der Waals surface area contributed by atoms with Gasteiger partial charge >= 0.3 is 0 Å². The number of hydrogen-bond acceptors (Lipinski definition) is 2. The zero-order valence-corrected chi connectivity index (χ0v) is 10.7. The predicted octanol–water partition coefficient (Wildman–Crippen LogP) is 1.62. The maximum Gasteiger partial charge on any atom is 0.224 e. The molecule has 1 aliphatic rings. The summed E-state index contributed by atoms with van der Waals surface area (Å²) < 4.78 is 25.7. The van der Waals surface area contributed by atoms with Crippen molar-refractivity contribution in [3.63, 3.8) is 0 Å². The molecule has 1 amide bonds. The Balaban J connectivity index is 1.78. The van der Waals surface area contributed by atoms with Gasteiger partial charge in [-0.15, -0.1) is 0 Å². The molecular formula is C14H18F2N2O. The van der Waals surface area contributed by atoms with Crippen LogP contribution >= 0.6 is 0 Å². The van der Waals surface area contributed by atoms with Gasteiger partial charge in [0.1, 0.15) is 0 Å². The fourth-order valence-corrected chi connectivity index (χ4v) is 2.25. The van der Waals surface area contributed by atoms with E-state index < -0.39 is 11.6 Å². The number of benzene rings is 1. The molecule has 5 heteroatoms. The quantitative estimate of drug-likeness (QED) is 0.871. The van der Waals surface area contributed by atoms with E-state index in [1.54, 1.807) is 0 Å². The first kappa shape index (κ1) is 13.9. The molecule has 0 radical (unpaired) electrons. The van der Waals surface area contributed by atoms with Gasteiger partial charge in [0.2, 0.25) is 5.91 Å². The van der Waals surface area contributed by atoms with E-state index in [0.29, 0.717) is 18.0 Å². The van der Waals surface area contributed by atoms with Gasteiger partial charge in [0.05, 0.1) is 6.42 Å². The number of amides is 1. The average molecular weight is 268 g/mol. The van der Waals surface area contributed by atoms with Crippen LogP contribution in [0, 0.1) is 17.6 Å². The van der Waals surface area contributed by atoms with Crippen LogP contribution in [-0.2, 0) is 11.2 Å². The second-order valence-corrected chi connectivity index (χ2v) is 4.94. The number of hydrogen-bond donors (Lipinski definition) is 2. The summed E-state index contributed by atoms with van der Waals surface area (Å²) in [5.74, 6) is -1.50. The SMILES string of the molecule is O=C(Cc1ccc(F)c(F)c1)NCC1CCCNC1. The summed E-state index contributed by atoms with van der Waals surface area (Å²) in [6.45, 7) is 2.60. The van der Waals surface area contributed by atoms with Crippen LogP contribution in [0.1, 0.15) is 18.4 Å². The molecule has 0 bridgehead atoms. The molecule has 3 nitrogen and oxygen atoms in total. The molecule has 1 heterocycles. The molecule has 2 N–H and O–H groups in total. The number of nitrogens with one attached hydrogen (secondary N) is 2. The van der Waals surface area contributed by atoms with Crippen LogP contribution in [0.15, 0.2) is 18.2 Å². The molecule has 0 saturated carbocycles. The third kappa shape index (κ3) is 4.28. The van der Waals surface area contributed by atoms with E-state index in [1.807, 2.05) is 0 Å². The zero-order chi connectivity index (χ0) is 13.7. The summed E-state index contributed by atoms with van der Waals surface area (Å²) >= 11 is 0. The Labute approximate surface area is 111 Å². The monoisotopic (exact) mass is 268 g/mol. The fraction of sp³-hybridized carbons (Fsp3) is 0.500. The van der Waals surface area contributed by atoms with Crippen molar-refractivity contribution in [3.8, 4) is 0 Å². The van der Waals surface area contributed by atoms with Gasteiger partial charge < -0.3 is 10.6 Å². The van der Waals surface area contributed by atoms with Gasteiger partial charge in [-0.3, -0.25) is 4.79 Å². The third-order valence-electron chi connectivity index (χ3n) is 3.34. The van der Waals surface area contributed by atoms with Crippen molar-refractivity contribution < 1.29 is 13.6 Å². The molecule has 19 heavy (non-hydrogen) atoms. The lowest BCUT2D eigenvalue weighted by molar-refractivity contribution is -0.120. The van der Waals surface area contributed by atoms with Crippen LogP contribution < -0.4 is 10.6 Å². The maximum absolute atomic E-state index is 13.0. The molecule has 1 fully saturated rings. The number of piperidine rings is 1. The van der Waals surface area contributed by atoms with E-state index in [2.05, 4.69) is 10.6 Å². The molecule has 1 saturated heterocycles. The third-order valence-corrected chi connectivity index (χ3v) is 3.34. The van der Waals surface area contributed by atoms with Crippen molar-refractivity contribution in [3.05, 3.63) is 35.4 Å². The second kappa shape index (κ2) is 6.61. The van der Waals surface area contributed by atoms with Crippen LogP contribution in [0.3, 0.4) is 0 Å². The van der Waals surface area contributed by atoms with Crippen molar-refractivity contribution in [2.75, 3.05) is 19.6 Å². The first-order valence-corrected chi connectivity index (χ1v) is 6.56. The summed E-state index contributed by atoms with van der Waals surface area (Å²) in [6, 6.07) is 3.54.